The molecule has 3 aromatic carbocycles. The summed E-state index contributed by atoms with van der Waals surface area (Å²) in [5.74, 6) is 1.84. The Morgan fingerprint density at radius 1 is 0.941 bits per heavy atom. The standard InChI is InChI=1S/C27H27N3O3S/c1-32-24-12-11-18(15-25(24)33-2)13-14-28-27(31)22-17-26(30-23-10-5-4-9-21(22)23)29-19-7-6-8-20(16-19)34-3/h4-12,15-17H,13-14H2,1-3H3,(H,28,31)(H,29,30). The number of rotatable bonds is 9. The number of ether oxygens (including phenoxy) is 2. The third kappa shape index (κ3) is 5.43. The van der Waals surface area contributed by atoms with Crippen molar-refractivity contribution in [1.82, 2.24) is 10.3 Å². The molecule has 0 radical (unpaired) electrons. The first-order chi connectivity index (χ1) is 16.6. The maximum atomic E-state index is 13.2. The molecular formula is C27H27N3O3S. The largest absolute Gasteiger partial charge is 0.493 e. The van der Waals surface area contributed by atoms with Crippen molar-refractivity contribution in [2.45, 2.75) is 11.3 Å². The van der Waals surface area contributed by atoms with Gasteiger partial charge in [-0.25, -0.2) is 4.98 Å². The number of anilines is 2. The molecule has 0 bridgehead atoms. The minimum atomic E-state index is -0.139. The highest BCUT2D eigenvalue weighted by atomic mass is 32.2. The summed E-state index contributed by atoms with van der Waals surface area (Å²) < 4.78 is 10.7. The Bertz CT molecular complexity index is 1310. The third-order valence-electron chi connectivity index (χ3n) is 5.45. The molecule has 0 saturated heterocycles. The van der Waals surface area contributed by atoms with Crippen molar-refractivity contribution < 1.29 is 14.3 Å². The van der Waals surface area contributed by atoms with E-state index in [0.29, 0.717) is 35.8 Å². The van der Waals surface area contributed by atoms with E-state index in [-0.39, 0.29) is 5.91 Å². The average Bonchev–Trinajstić information content (AvgIpc) is 2.88. The van der Waals surface area contributed by atoms with Crippen LogP contribution < -0.4 is 20.1 Å². The van der Waals surface area contributed by atoms with Gasteiger partial charge < -0.3 is 20.1 Å². The number of para-hydroxylation sites is 1. The highest BCUT2D eigenvalue weighted by molar-refractivity contribution is 7.98. The van der Waals surface area contributed by atoms with Crippen molar-refractivity contribution in [2.24, 2.45) is 0 Å². The van der Waals surface area contributed by atoms with Gasteiger partial charge in [-0.05, 0) is 60.7 Å². The van der Waals surface area contributed by atoms with E-state index in [9.17, 15) is 4.79 Å². The molecule has 6 nitrogen and oxygen atoms in total. The van der Waals surface area contributed by atoms with Gasteiger partial charge in [0.05, 0.1) is 25.3 Å². The summed E-state index contributed by atoms with van der Waals surface area (Å²) in [7, 11) is 3.22. The minimum Gasteiger partial charge on any atom is -0.493 e. The van der Waals surface area contributed by atoms with Gasteiger partial charge in [0.2, 0.25) is 0 Å². The number of carbonyl (C=O) groups is 1. The van der Waals surface area contributed by atoms with Gasteiger partial charge >= 0.3 is 0 Å². The molecule has 0 atom stereocenters. The van der Waals surface area contributed by atoms with Gasteiger partial charge in [0.25, 0.3) is 5.91 Å². The highest BCUT2D eigenvalue weighted by Crippen LogP contribution is 2.28. The number of methoxy groups -OCH3 is 2. The summed E-state index contributed by atoms with van der Waals surface area (Å²) in [4.78, 5) is 19.0. The third-order valence-corrected chi connectivity index (χ3v) is 6.18. The van der Waals surface area contributed by atoms with Gasteiger partial charge in [-0.2, -0.15) is 0 Å². The molecule has 34 heavy (non-hydrogen) atoms. The van der Waals surface area contributed by atoms with Crippen LogP contribution in [0.5, 0.6) is 11.5 Å². The van der Waals surface area contributed by atoms with E-state index in [0.717, 1.165) is 27.0 Å². The van der Waals surface area contributed by atoms with Crippen LogP contribution in [0.4, 0.5) is 11.5 Å². The molecule has 0 fully saturated rings. The van der Waals surface area contributed by atoms with E-state index in [1.54, 1.807) is 32.0 Å². The van der Waals surface area contributed by atoms with Crippen molar-refractivity contribution in [1.29, 1.82) is 0 Å². The lowest BCUT2D eigenvalue weighted by Crippen LogP contribution is -2.26. The second-order valence-corrected chi connectivity index (χ2v) is 8.50. The maximum Gasteiger partial charge on any atom is 0.252 e. The Kier molecular flexibility index (Phi) is 7.54. The number of hydrogen-bond donors (Lipinski definition) is 2. The molecule has 1 heterocycles. The Hall–Kier alpha value is -3.71. The number of nitrogens with one attached hydrogen (secondary N) is 2. The molecule has 0 aliphatic rings. The quantitative estimate of drug-likeness (QED) is 0.304. The SMILES string of the molecule is COc1ccc(CCNC(=O)c2cc(Nc3cccc(SC)c3)nc3ccccc23)cc1OC. The van der Waals surface area contributed by atoms with Gasteiger partial charge in [0.1, 0.15) is 5.82 Å². The van der Waals surface area contributed by atoms with E-state index in [1.807, 2.05) is 60.9 Å². The molecule has 2 N–H and O–H groups in total. The van der Waals surface area contributed by atoms with Crippen molar-refractivity contribution in [3.63, 3.8) is 0 Å². The van der Waals surface area contributed by atoms with Crippen molar-refractivity contribution >= 4 is 40.1 Å². The maximum absolute atomic E-state index is 13.2. The van der Waals surface area contributed by atoms with E-state index in [4.69, 9.17) is 14.5 Å². The van der Waals surface area contributed by atoms with Crippen LogP contribution in [-0.2, 0) is 6.42 Å². The number of benzene rings is 3. The number of pyridine rings is 1. The number of fused-ring (bicyclic) bond motifs is 1. The molecule has 0 saturated carbocycles. The average molecular weight is 474 g/mol. The van der Waals surface area contributed by atoms with Crippen molar-refractivity contribution in [2.75, 3.05) is 32.3 Å². The van der Waals surface area contributed by atoms with Gasteiger partial charge in [-0.15, -0.1) is 11.8 Å². The van der Waals surface area contributed by atoms with Crippen LogP contribution in [-0.4, -0.2) is 37.9 Å². The fourth-order valence-corrected chi connectivity index (χ4v) is 4.19. The van der Waals surface area contributed by atoms with Gasteiger partial charge in [0.15, 0.2) is 11.5 Å². The highest BCUT2D eigenvalue weighted by Gasteiger charge is 2.13. The topological polar surface area (TPSA) is 72.5 Å². The number of nitrogens with zero attached hydrogens (tertiary/aromatic N) is 1. The first-order valence-corrected chi connectivity index (χ1v) is 12.1. The summed E-state index contributed by atoms with van der Waals surface area (Å²) in [6.45, 7) is 0.490. The summed E-state index contributed by atoms with van der Waals surface area (Å²) >= 11 is 1.68. The van der Waals surface area contributed by atoms with E-state index >= 15 is 0 Å². The number of thioether (sulfide) groups is 1. The number of hydrogen-bond acceptors (Lipinski definition) is 6. The molecule has 4 aromatic rings. The lowest BCUT2D eigenvalue weighted by atomic mass is 10.1. The van der Waals surface area contributed by atoms with E-state index in [2.05, 4.69) is 22.8 Å². The van der Waals surface area contributed by atoms with Crippen molar-refractivity contribution in [3.05, 3.63) is 83.9 Å². The molecule has 0 aliphatic carbocycles. The van der Waals surface area contributed by atoms with Crippen LogP contribution in [0.2, 0.25) is 0 Å². The molecule has 1 aromatic heterocycles. The molecule has 174 valence electrons. The van der Waals surface area contributed by atoms with Crippen LogP contribution in [0, 0.1) is 0 Å². The molecular weight excluding hydrogens is 446 g/mol. The Balaban J connectivity index is 1.52. The normalized spacial score (nSPS) is 10.7. The Morgan fingerprint density at radius 3 is 2.56 bits per heavy atom. The molecule has 0 spiro atoms. The molecule has 4 rings (SSSR count). The Morgan fingerprint density at radius 2 is 1.76 bits per heavy atom. The van der Waals surface area contributed by atoms with Crippen molar-refractivity contribution in [3.8, 4) is 11.5 Å². The van der Waals surface area contributed by atoms with E-state index < -0.39 is 0 Å². The number of aromatic nitrogens is 1. The molecule has 1 amide bonds. The second-order valence-electron chi connectivity index (χ2n) is 7.62. The Labute approximate surface area is 203 Å². The van der Waals surface area contributed by atoms with Gasteiger partial charge in [-0.3, -0.25) is 4.79 Å². The lowest BCUT2D eigenvalue weighted by Gasteiger charge is -2.13. The fraction of sp³-hybridized carbons (Fsp3) is 0.185. The first kappa shape index (κ1) is 23.4. The number of carbonyl (C=O) groups excluding carboxylic acids is 1. The fourth-order valence-electron chi connectivity index (χ4n) is 3.73. The lowest BCUT2D eigenvalue weighted by molar-refractivity contribution is 0.0955. The molecule has 7 heteroatoms. The number of amides is 1. The summed E-state index contributed by atoms with van der Waals surface area (Å²) in [5, 5.41) is 7.20. The predicted octanol–water partition coefficient (Wildman–Crippen LogP) is 5.69. The summed E-state index contributed by atoms with van der Waals surface area (Å²) in [6, 6.07) is 23.4. The zero-order valence-corrected chi connectivity index (χ0v) is 20.2. The second kappa shape index (κ2) is 10.9. The van der Waals surface area contributed by atoms with Crippen LogP contribution >= 0.6 is 11.8 Å². The summed E-state index contributed by atoms with van der Waals surface area (Å²) in [5.41, 5.74) is 3.32. The van der Waals surface area contributed by atoms with E-state index in [1.165, 1.54) is 0 Å². The first-order valence-electron chi connectivity index (χ1n) is 10.9. The predicted molar refractivity (Wildman–Crippen MR) is 139 cm³/mol. The van der Waals surface area contributed by atoms with Crippen LogP contribution in [0.15, 0.2) is 77.7 Å². The minimum absolute atomic E-state index is 0.139. The smallest absolute Gasteiger partial charge is 0.252 e. The summed E-state index contributed by atoms with van der Waals surface area (Å²) in [6.07, 6.45) is 2.71. The zero-order chi connectivity index (χ0) is 23.9. The van der Waals surface area contributed by atoms with Crippen LogP contribution in [0.1, 0.15) is 15.9 Å². The van der Waals surface area contributed by atoms with Gasteiger partial charge in [-0.1, -0.05) is 30.3 Å². The van der Waals surface area contributed by atoms with Crippen LogP contribution in [0.25, 0.3) is 10.9 Å². The monoisotopic (exact) mass is 473 g/mol. The molecule has 0 unspecified atom stereocenters. The van der Waals surface area contributed by atoms with Gasteiger partial charge in [0, 0.05) is 22.5 Å². The van der Waals surface area contributed by atoms with Crippen LogP contribution in [0.3, 0.4) is 0 Å². The molecule has 0 aliphatic heterocycles. The zero-order valence-electron chi connectivity index (χ0n) is 19.4.